The molecule has 0 aliphatic heterocycles. The molecule has 0 spiro atoms. The molecule has 2 rings (SSSR count). The molecular weight excluding hydrogens is 260 g/mol. The molecule has 6 heteroatoms. The van der Waals surface area contributed by atoms with Crippen molar-refractivity contribution in [2.75, 3.05) is 24.7 Å². The van der Waals surface area contributed by atoms with Crippen LogP contribution in [0.15, 0.2) is 4.42 Å². The van der Waals surface area contributed by atoms with Crippen molar-refractivity contribution in [3.05, 3.63) is 5.89 Å². The minimum absolute atomic E-state index is 0.379. The maximum Gasteiger partial charge on any atom is 0.315 e. The summed E-state index contributed by atoms with van der Waals surface area (Å²) in [6.45, 7) is 6.86. The van der Waals surface area contributed by atoms with Crippen LogP contribution >= 0.6 is 11.8 Å². The Bertz CT molecular complexity index is 384. The summed E-state index contributed by atoms with van der Waals surface area (Å²) >= 11 is 1.94. The van der Waals surface area contributed by atoms with E-state index in [2.05, 4.69) is 40.9 Å². The predicted octanol–water partition coefficient (Wildman–Crippen LogP) is 2.51. The number of rotatable bonds is 8. The van der Waals surface area contributed by atoms with Gasteiger partial charge in [0.2, 0.25) is 5.89 Å². The molecule has 1 aromatic heterocycles. The van der Waals surface area contributed by atoms with E-state index >= 15 is 0 Å². The summed E-state index contributed by atoms with van der Waals surface area (Å²) < 4.78 is 5.95. The van der Waals surface area contributed by atoms with Crippen molar-refractivity contribution >= 4 is 17.8 Å². The van der Waals surface area contributed by atoms with Crippen molar-refractivity contribution in [1.29, 1.82) is 0 Å². The molecule has 0 saturated heterocycles. The third kappa shape index (κ3) is 4.11. The second kappa shape index (κ2) is 6.61. The van der Waals surface area contributed by atoms with Crippen LogP contribution in [0.3, 0.4) is 0 Å². The maximum absolute atomic E-state index is 5.57. The zero-order valence-corrected chi connectivity index (χ0v) is 12.8. The average Bonchev–Trinajstić information content (AvgIpc) is 2.76. The smallest absolute Gasteiger partial charge is 0.315 e. The number of hydrogen-bond donors (Lipinski definition) is 2. The first-order valence-corrected chi connectivity index (χ1v) is 8.18. The Labute approximate surface area is 119 Å². The van der Waals surface area contributed by atoms with Crippen molar-refractivity contribution in [3.63, 3.8) is 0 Å². The summed E-state index contributed by atoms with van der Waals surface area (Å²) in [5, 5.41) is 14.6. The molecule has 1 aliphatic carbocycles. The summed E-state index contributed by atoms with van der Waals surface area (Å²) in [5.41, 5.74) is 0. The summed E-state index contributed by atoms with van der Waals surface area (Å²) in [5.74, 6) is 1.27. The third-order valence-electron chi connectivity index (χ3n) is 3.56. The van der Waals surface area contributed by atoms with Gasteiger partial charge in [-0.3, -0.25) is 0 Å². The molecule has 0 unspecified atom stereocenters. The minimum Gasteiger partial charge on any atom is -0.407 e. The average molecular weight is 284 g/mol. The molecule has 19 heavy (non-hydrogen) atoms. The van der Waals surface area contributed by atoms with E-state index in [1.165, 1.54) is 19.3 Å². The lowest BCUT2D eigenvalue weighted by atomic mass is 9.84. The van der Waals surface area contributed by atoms with Crippen molar-refractivity contribution in [3.8, 4) is 0 Å². The van der Waals surface area contributed by atoms with E-state index in [4.69, 9.17) is 4.42 Å². The predicted molar refractivity (Wildman–Crippen MR) is 79.4 cm³/mol. The number of anilines is 1. The molecule has 1 aromatic rings. The van der Waals surface area contributed by atoms with Crippen LogP contribution in [0, 0.1) is 5.92 Å². The van der Waals surface area contributed by atoms with Crippen molar-refractivity contribution < 1.29 is 4.42 Å². The standard InChI is InChI=1S/C13H24N4OS/c1-10(2)7-14-8-11-16-17-12(18-11)15-9-13(19-3)5-4-6-13/h10,14H,4-9H2,1-3H3,(H,15,17). The van der Waals surface area contributed by atoms with E-state index in [0.29, 0.717) is 29.1 Å². The highest BCUT2D eigenvalue weighted by Gasteiger charge is 2.36. The molecule has 0 aromatic carbocycles. The summed E-state index contributed by atoms with van der Waals surface area (Å²) in [6, 6.07) is 0.543. The van der Waals surface area contributed by atoms with E-state index in [9.17, 15) is 0 Å². The Kier molecular flexibility index (Phi) is 5.10. The number of thioether (sulfide) groups is 1. The second-order valence-electron chi connectivity index (χ2n) is 5.62. The first-order chi connectivity index (χ1) is 9.13. The Balaban J connectivity index is 1.74. The summed E-state index contributed by atoms with van der Waals surface area (Å²) in [7, 11) is 0. The fourth-order valence-corrected chi connectivity index (χ4v) is 3.04. The van der Waals surface area contributed by atoms with Crippen LogP contribution in [0.1, 0.15) is 39.0 Å². The van der Waals surface area contributed by atoms with Gasteiger partial charge in [0.1, 0.15) is 0 Å². The molecule has 2 N–H and O–H groups in total. The van der Waals surface area contributed by atoms with Crippen LogP contribution in [0.5, 0.6) is 0 Å². The number of nitrogens with zero attached hydrogens (tertiary/aromatic N) is 2. The van der Waals surface area contributed by atoms with Gasteiger partial charge in [-0.25, -0.2) is 0 Å². The van der Waals surface area contributed by atoms with Crippen molar-refractivity contribution in [2.45, 2.75) is 44.4 Å². The van der Waals surface area contributed by atoms with Crippen LogP contribution in [-0.4, -0.2) is 34.3 Å². The molecule has 5 nitrogen and oxygen atoms in total. The van der Waals surface area contributed by atoms with E-state index in [-0.39, 0.29) is 0 Å². The fraction of sp³-hybridized carbons (Fsp3) is 0.846. The van der Waals surface area contributed by atoms with Gasteiger partial charge in [0.15, 0.2) is 0 Å². The normalized spacial score (nSPS) is 17.5. The second-order valence-corrected chi connectivity index (χ2v) is 6.89. The van der Waals surface area contributed by atoms with Crippen molar-refractivity contribution in [1.82, 2.24) is 15.5 Å². The Morgan fingerprint density at radius 3 is 2.74 bits per heavy atom. The SMILES string of the molecule is CSC1(CNc2nnc(CNCC(C)C)o2)CCC1. The maximum atomic E-state index is 5.57. The van der Waals surface area contributed by atoms with Gasteiger partial charge in [-0.15, -0.1) is 5.10 Å². The Hall–Kier alpha value is -0.750. The van der Waals surface area contributed by atoms with Crippen LogP contribution in [0.2, 0.25) is 0 Å². The van der Waals surface area contributed by atoms with Gasteiger partial charge in [-0.05, 0) is 31.6 Å². The molecule has 1 fully saturated rings. The van der Waals surface area contributed by atoms with Crippen LogP contribution < -0.4 is 10.6 Å². The molecule has 0 bridgehead atoms. The first kappa shape index (κ1) is 14.7. The number of nitrogens with one attached hydrogen (secondary N) is 2. The molecule has 1 heterocycles. The molecular formula is C13H24N4OS. The van der Waals surface area contributed by atoms with Gasteiger partial charge in [0.05, 0.1) is 6.54 Å². The molecule has 0 amide bonds. The first-order valence-electron chi connectivity index (χ1n) is 6.96. The lowest BCUT2D eigenvalue weighted by Crippen LogP contribution is -2.40. The highest BCUT2D eigenvalue weighted by Crippen LogP contribution is 2.42. The van der Waals surface area contributed by atoms with Gasteiger partial charge in [0.25, 0.3) is 0 Å². The van der Waals surface area contributed by atoms with E-state index in [0.717, 1.165) is 13.1 Å². The Morgan fingerprint density at radius 2 is 2.16 bits per heavy atom. The van der Waals surface area contributed by atoms with Crippen molar-refractivity contribution in [2.24, 2.45) is 5.92 Å². The fourth-order valence-electron chi connectivity index (χ4n) is 2.13. The third-order valence-corrected chi connectivity index (χ3v) is 4.97. The highest BCUT2D eigenvalue weighted by atomic mass is 32.2. The molecule has 108 valence electrons. The van der Waals surface area contributed by atoms with Crippen LogP contribution in [0.4, 0.5) is 6.01 Å². The number of aromatic nitrogens is 2. The summed E-state index contributed by atoms with van der Waals surface area (Å²) in [6.07, 6.45) is 6.06. The van der Waals surface area contributed by atoms with Gasteiger partial charge >= 0.3 is 6.01 Å². The number of hydrogen-bond acceptors (Lipinski definition) is 6. The lowest BCUT2D eigenvalue weighted by molar-refractivity contribution is 0.375. The molecule has 1 saturated carbocycles. The minimum atomic E-state index is 0.379. The topological polar surface area (TPSA) is 63.0 Å². The Morgan fingerprint density at radius 1 is 1.37 bits per heavy atom. The van der Waals surface area contributed by atoms with Gasteiger partial charge < -0.3 is 15.1 Å². The van der Waals surface area contributed by atoms with E-state index < -0.39 is 0 Å². The lowest BCUT2D eigenvalue weighted by Gasteiger charge is -2.40. The monoisotopic (exact) mass is 284 g/mol. The quantitative estimate of drug-likeness (QED) is 0.765. The van der Waals surface area contributed by atoms with Gasteiger partial charge in [-0.1, -0.05) is 25.4 Å². The summed E-state index contributed by atoms with van der Waals surface area (Å²) in [4.78, 5) is 0. The van der Waals surface area contributed by atoms with Crippen LogP contribution in [0.25, 0.3) is 0 Å². The molecule has 1 aliphatic rings. The molecule has 0 radical (unpaired) electrons. The van der Waals surface area contributed by atoms with E-state index in [1.807, 2.05) is 11.8 Å². The zero-order chi connectivity index (χ0) is 13.7. The van der Waals surface area contributed by atoms with Crippen LogP contribution in [-0.2, 0) is 6.54 Å². The van der Waals surface area contributed by atoms with Gasteiger partial charge in [-0.2, -0.15) is 11.8 Å². The van der Waals surface area contributed by atoms with Gasteiger partial charge in [0, 0.05) is 11.3 Å². The largest absolute Gasteiger partial charge is 0.407 e. The molecule has 0 atom stereocenters. The zero-order valence-electron chi connectivity index (χ0n) is 12.0. The highest BCUT2D eigenvalue weighted by molar-refractivity contribution is 8.00. The van der Waals surface area contributed by atoms with E-state index in [1.54, 1.807) is 0 Å².